The van der Waals surface area contributed by atoms with Crippen molar-refractivity contribution in [3.63, 3.8) is 0 Å². The summed E-state index contributed by atoms with van der Waals surface area (Å²) in [6, 6.07) is 12.4. The number of hydrogen-bond acceptors (Lipinski definition) is 5. The fourth-order valence-electron chi connectivity index (χ4n) is 3.35. The predicted octanol–water partition coefficient (Wildman–Crippen LogP) is 5.48. The van der Waals surface area contributed by atoms with Crippen LogP contribution in [0.15, 0.2) is 58.7 Å². The fourth-order valence-corrected chi connectivity index (χ4v) is 4.16. The van der Waals surface area contributed by atoms with Crippen molar-refractivity contribution in [2.24, 2.45) is 0 Å². The van der Waals surface area contributed by atoms with Crippen molar-refractivity contribution in [2.45, 2.75) is 39.2 Å². The normalized spacial score (nSPS) is 12.2. The second-order valence-corrected chi connectivity index (χ2v) is 8.61. The minimum atomic E-state index is -4.36. The van der Waals surface area contributed by atoms with Crippen molar-refractivity contribution in [1.29, 1.82) is 0 Å². The number of alkyl halides is 3. The highest BCUT2D eigenvalue weighted by atomic mass is 32.1. The predicted molar refractivity (Wildman–Crippen MR) is 119 cm³/mol. The van der Waals surface area contributed by atoms with Crippen LogP contribution in [0.25, 0.3) is 21.5 Å². The fraction of sp³-hybridized carbons (Fsp3) is 0.261. The Morgan fingerprint density at radius 2 is 1.75 bits per heavy atom. The third kappa shape index (κ3) is 4.89. The molecule has 0 amide bonds. The molecule has 0 atom stereocenters. The number of halogens is 3. The summed E-state index contributed by atoms with van der Waals surface area (Å²) in [5, 5.41) is 3.11. The first-order chi connectivity index (χ1) is 15.2. The van der Waals surface area contributed by atoms with E-state index in [4.69, 9.17) is 0 Å². The van der Waals surface area contributed by atoms with Gasteiger partial charge in [-0.25, -0.2) is 9.97 Å². The Labute approximate surface area is 186 Å². The monoisotopic (exact) mass is 458 g/mol. The lowest BCUT2D eigenvalue weighted by atomic mass is 10.1. The summed E-state index contributed by atoms with van der Waals surface area (Å²) in [5.74, 6) is 0.570. The van der Waals surface area contributed by atoms with Crippen molar-refractivity contribution in [1.82, 2.24) is 19.9 Å². The van der Waals surface area contributed by atoms with E-state index in [2.05, 4.69) is 19.9 Å². The topological polar surface area (TPSA) is 61.9 Å². The number of thiazole rings is 1. The average Bonchev–Trinajstić information content (AvgIpc) is 3.21. The Hall–Kier alpha value is -3.04. The van der Waals surface area contributed by atoms with E-state index in [0.717, 1.165) is 17.8 Å². The molecule has 4 rings (SSSR count). The van der Waals surface area contributed by atoms with Crippen LogP contribution in [-0.2, 0) is 19.3 Å². The van der Waals surface area contributed by atoms with Crippen LogP contribution in [-0.4, -0.2) is 25.9 Å². The van der Waals surface area contributed by atoms with Crippen LogP contribution >= 0.6 is 11.3 Å². The summed E-state index contributed by atoms with van der Waals surface area (Å²) < 4.78 is 38.4. The van der Waals surface area contributed by atoms with Gasteiger partial charge in [0.25, 0.3) is 5.56 Å². The molecule has 2 aromatic heterocycles. The van der Waals surface area contributed by atoms with Crippen LogP contribution in [0.1, 0.15) is 30.9 Å². The van der Waals surface area contributed by atoms with Crippen LogP contribution in [0, 0.1) is 0 Å². The quantitative estimate of drug-likeness (QED) is 0.416. The number of rotatable bonds is 6. The van der Waals surface area contributed by atoms with Gasteiger partial charge < -0.3 is 4.98 Å². The van der Waals surface area contributed by atoms with Crippen molar-refractivity contribution in [2.75, 3.05) is 0 Å². The van der Waals surface area contributed by atoms with Gasteiger partial charge in [0.2, 0.25) is 0 Å². The number of nitrogens with one attached hydrogen (secondary N) is 1. The van der Waals surface area contributed by atoms with Crippen LogP contribution in [0.2, 0.25) is 0 Å². The summed E-state index contributed by atoms with van der Waals surface area (Å²) in [6.45, 7) is 5.04. The average molecular weight is 459 g/mol. The molecule has 2 heterocycles. The molecule has 0 unspecified atom stereocenters. The standard InChI is InChI=1S/C23H21F3N4OS/c1-14(2)30(12-20-28-19-6-4-3-5-18(19)21(31)29-20)11-17-13-32-22(27-17)15-7-9-16(10-8-15)23(24,25)26/h3-10,13-14H,11-12H2,1-2H3,(H,28,29,31). The minimum Gasteiger partial charge on any atom is -0.309 e. The first-order valence-electron chi connectivity index (χ1n) is 10.0. The van der Waals surface area contributed by atoms with E-state index in [1.54, 1.807) is 12.1 Å². The van der Waals surface area contributed by atoms with Gasteiger partial charge in [0.05, 0.1) is 28.7 Å². The molecule has 1 N–H and O–H groups in total. The molecule has 0 fully saturated rings. The van der Waals surface area contributed by atoms with E-state index < -0.39 is 11.7 Å². The Kier molecular flexibility index (Phi) is 6.12. The van der Waals surface area contributed by atoms with Gasteiger partial charge in [-0.2, -0.15) is 13.2 Å². The van der Waals surface area contributed by atoms with Gasteiger partial charge in [-0.15, -0.1) is 11.3 Å². The number of H-pyrrole nitrogens is 1. The molecule has 0 aliphatic carbocycles. The summed E-state index contributed by atoms with van der Waals surface area (Å²) in [6.07, 6.45) is -4.36. The molecule has 166 valence electrons. The van der Waals surface area contributed by atoms with Crippen LogP contribution in [0.4, 0.5) is 13.2 Å². The smallest absolute Gasteiger partial charge is 0.309 e. The summed E-state index contributed by atoms with van der Waals surface area (Å²) in [5.41, 5.74) is 1.24. The maximum absolute atomic E-state index is 12.8. The molecule has 0 aliphatic rings. The van der Waals surface area contributed by atoms with E-state index in [0.29, 0.717) is 40.4 Å². The van der Waals surface area contributed by atoms with Crippen molar-refractivity contribution in [3.05, 3.63) is 81.3 Å². The van der Waals surface area contributed by atoms with E-state index in [-0.39, 0.29) is 11.6 Å². The lowest BCUT2D eigenvalue weighted by molar-refractivity contribution is -0.137. The molecule has 9 heteroatoms. The number of fused-ring (bicyclic) bond motifs is 1. The molecule has 0 bridgehead atoms. The third-order valence-corrected chi connectivity index (χ3v) is 6.06. The van der Waals surface area contributed by atoms with Gasteiger partial charge >= 0.3 is 6.18 Å². The number of para-hydroxylation sites is 1. The van der Waals surface area contributed by atoms with E-state index in [1.165, 1.54) is 23.5 Å². The Morgan fingerprint density at radius 1 is 1.03 bits per heavy atom. The molecular formula is C23H21F3N4OS. The zero-order valence-electron chi connectivity index (χ0n) is 17.5. The molecule has 32 heavy (non-hydrogen) atoms. The maximum atomic E-state index is 12.8. The molecule has 5 nitrogen and oxygen atoms in total. The number of benzene rings is 2. The molecule has 0 saturated heterocycles. The molecule has 2 aromatic carbocycles. The van der Waals surface area contributed by atoms with Crippen molar-refractivity contribution < 1.29 is 13.2 Å². The Balaban J connectivity index is 1.52. The number of nitrogens with zero attached hydrogens (tertiary/aromatic N) is 3. The Morgan fingerprint density at radius 3 is 2.44 bits per heavy atom. The van der Waals surface area contributed by atoms with Crippen LogP contribution in [0.3, 0.4) is 0 Å². The first-order valence-corrected chi connectivity index (χ1v) is 10.9. The minimum absolute atomic E-state index is 0.156. The summed E-state index contributed by atoms with van der Waals surface area (Å²) in [7, 11) is 0. The van der Waals surface area contributed by atoms with Crippen LogP contribution < -0.4 is 5.56 Å². The first kappa shape index (κ1) is 22.2. The van der Waals surface area contributed by atoms with Crippen molar-refractivity contribution >= 4 is 22.2 Å². The summed E-state index contributed by atoms with van der Waals surface area (Å²) >= 11 is 1.39. The Bertz CT molecular complexity index is 1280. The zero-order chi connectivity index (χ0) is 22.9. The van der Waals surface area contributed by atoms with Gasteiger partial charge in [-0.1, -0.05) is 24.3 Å². The summed E-state index contributed by atoms with van der Waals surface area (Å²) in [4.78, 5) is 26.5. The second kappa shape index (κ2) is 8.84. The molecule has 0 spiro atoms. The van der Waals surface area contributed by atoms with E-state index in [1.807, 2.05) is 31.4 Å². The van der Waals surface area contributed by atoms with Gasteiger partial charge in [0.15, 0.2) is 0 Å². The molecular weight excluding hydrogens is 437 g/mol. The molecule has 4 aromatic rings. The molecule has 0 radical (unpaired) electrons. The number of aromatic amines is 1. The largest absolute Gasteiger partial charge is 0.416 e. The van der Waals surface area contributed by atoms with Gasteiger partial charge in [0.1, 0.15) is 10.8 Å². The van der Waals surface area contributed by atoms with Gasteiger partial charge in [0, 0.05) is 23.5 Å². The SMILES string of the molecule is CC(C)N(Cc1csc(-c2ccc(C(F)(F)F)cc2)n1)Cc1nc2ccccc2c(=O)[nH]1. The highest BCUT2D eigenvalue weighted by Gasteiger charge is 2.30. The number of aromatic nitrogens is 3. The van der Waals surface area contributed by atoms with Gasteiger partial charge in [-0.3, -0.25) is 9.69 Å². The lowest BCUT2D eigenvalue weighted by Gasteiger charge is -2.25. The van der Waals surface area contributed by atoms with Crippen molar-refractivity contribution in [3.8, 4) is 10.6 Å². The highest BCUT2D eigenvalue weighted by Crippen LogP contribution is 2.32. The third-order valence-electron chi connectivity index (χ3n) is 5.12. The molecule has 0 aliphatic heterocycles. The zero-order valence-corrected chi connectivity index (χ0v) is 18.3. The second-order valence-electron chi connectivity index (χ2n) is 7.75. The molecule has 0 saturated carbocycles. The number of hydrogen-bond donors (Lipinski definition) is 1. The van der Waals surface area contributed by atoms with E-state index in [9.17, 15) is 18.0 Å². The highest BCUT2D eigenvalue weighted by molar-refractivity contribution is 7.13. The lowest BCUT2D eigenvalue weighted by Crippen LogP contribution is -2.31. The maximum Gasteiger partial charge on any atom is 0.416 e. The van der Waals surface area contributed by atoms with E-state index >= 15 is 0 Å². The van der Waals surface area contributed by atoms with Crippen LogP contribution in [0.5, 0.6) is 0 Å². The van der Waals surface area contributed by atoms with Gasteiger partial charge in [-0.05, 0) is 38.1 Å².